The Balaban J connectivity index is 1.82. The van der Waals surface area contributed by atoms with Gasteiger partial charge in [-0.05, 0) is 32.1 Å². The number of hydrazine groups is 1. The first-order valence-corrected chi connectivity index (χ1v) is 6.16. The zero-order valence-electron chi connectivity index (χ0n) is 10.2. The van der Waals surface area contributed by atoms with E-state index < -0.39 is 0 Å². The van der Waals surface area contributed by atoms with Crippen molar-refractivity contribution in [1.82, 2.24) is 15.4 Å². The van der Waals surface area contributed by atoms with Crippen molar-refractivity contribution in [2.24, 2.45) is 11.8 Å². The number of nitrogens with two attached hydrogens (primary N) is 1. The largest absolute Gasteiger partial charge is 0.378 e. The molecule has 1 aromatic heterocycles. The number of nitrogens with zero attached hydrogens (tertiary/aromatic N) is 2. The lowest BCUT2D eigenvalue weighted by Gasteiger charge is -2.36. The van der Waals surface area contributed by atoms with Gasteiger partial charge in [0.15, 0.2) is 0 Å². The van der Waals surface area contributed by atoms with E-state index >= 15 is 0 Å². The molecule has 0 saturated heterocycles. The molecule has 17 heavy (non-hydrogen) atoms. The van der Waals surface area contributed by atoms with Gasteiger partial charge < -0.3 is 4.74 Å². The highest BCUT2D eigenvalue weighted by Crippen LogP contribution is 2.36. The van der Waals surface area contributed by atoms with Crippen LogP contribution in [0.3, 0.4) is 0 Å². The lowest BCUT2D eigenvalue weighted by molar-refractivity contribution is -0.0291. The number of aromatic nitrogens is 2. The molecule has 2 rings (SSSR count). The molecule has 1 aliphatic rings. The quantitative estimate of drug-likeness (QED) is 0.573. The maximum atomic E-state index is 5.59. The molecule has 1 saturated carbocycles. The average Bonchev–Trinajstić information content (AvgIpc) is 2.33. The first-order chi connectivity index (χ1) is 8.33. The summed E-state index contributed by atoms with van der Waals surface area (Å²) in [5.74, 6) is 6.28. The molecule has 1 aromatic rings. The Kier molecular flexibility index (Phi) is 4.42. The van der Waals surface area contributed by atoms with E-state index in [2.05, 4.69) is 15.4 Å². The van der Waals surface area contributed by atoms with Crippen molar-refractivity contribution >= 4 is 0 Å². The molecule has 0 spiro atoms. The van der Waals surface area contributed by atoms with Gasteiger partial charge in [-0.15, -0.1) is 0 Å². The molecule has 0 bridgehead atoms. The standard InChI is InChI=1S/C12H20N4O/c1-2-17-11-3-9(4-11)5-12(16-13)10-6-14-8-15-7-10/h6-9,11-12,16H,2-5,13H2,1H3. The second-order valence-corrected chi connectivity index (χ2v) is 4.54. The van der Waals surface area contributed by atoms with Crippen LogP contribution >= 0.6 is 0 Å². The van der Waals surface area contributed by atoms with Gasteiger partial charge in [0, 0.05) is 30.6 Å². The van der Waals surface area contributed by atoms with E-state index in [4.69, 9.17) is 10.6 Å². The Morgan fingerprint density at radius 3 is 2.76 bits per heavy atom. The maximum Gasteiger partial charge on any atom is 0.115 e. The van der Waals surface area contributed by atoms with Gasteiger partial charge in [-0.25, -0.2) is 9.97 Å². The van der Waals surface area contributed by atoms with Crippen molar-refractivity contribution in [3.05, 3.63) is 24.3 Å². The van der Waals surface area contributed by atoms with E-state index in [1.165, 1.54) is 6.33 Å². The van der Waals surface area contributed by atoms with Crippen LogP contribution in [-0.2, 0) is 4.74 Å². The van der Waals surface area contributed by atoms with Crippen LogP contribution in [0.1, 0.15) is 37.8 Å². The van der Waals surface area contributed by atoms with Crippen molar-refractivity contribution in [2.75, 3.05) is 6.61 Å². The second kappa shape index (κ2) is 6.05. The lowest BCUT2D eigenvalue weighted by atomic mass is 9.77. The summed E-state index contributed by atoms with van der Waals surface area (Å²) >= 11 is 0. The topological polar surface area (TPSA) is 73.1 Å². The molecule has 0 aliphatic heterocycles. The first kappa shape index (κ1) is 12.4. The Hall–Kier alpha value is -1.04. The molecule has 5 nitrogen and oxygen atoms in total. The van der Waals surface area contributed by atoms with Gasteiger partial charge in [-0.1, -0.05) is 0 Å². The fraction of sp³-hybridized carbons (Fsp3) is 0.667. The van der Waals surface area contributed by atoms with E-state index in [-0.39, 0.29) is 6.04 Å². The van der Waals surface area contributed by atoms with E-state index in [9.17, 15) is 0 Å². The zero-order chi connectivity index (χ0) is 12.1. The van der Waals surface area contributed by atoms with Crippen LogP contribution in [0.2, 0.25) is 0 Å². The van der Waals surface area contributed by atoms with Gasteiger partial charge in [0.25, 0.3) is 0 Å². The van der Waals surface area contributed by atoms with E-state index in [0.29, 0.717) is 12.0 Å². The van der Waals surface area contributed by atoms with Crippen molar-refractivity contribution in [3.63, 3.8) is 0 Å². The Labute approximate surface area is 102 Å². The minimum Gasteiger partial charge on any atom is -0.378 e. The summed E-state index contributed by atoms with van der Waals surface area (Å²) in [4.78, 5) is 8.04. The van der Waals surface area contributed by atoms with Crippen molar-refractivity contribution in [3.8, 4) is 0 Å². The van der Waals surface area contributed by atoms with Crippen molar-refractivity contribution < 1.29 is 4.74 Å². The number of nitrogens with one attached hydrogen (secondary N) is 1. The molecular formula is C12H20N4O. The summed E-state index contributed by atoms with van der Waals surface area (Å²) in [6, 6.07) is 0.142. The maximum absolute atomic E-state index is 5.59. The van der Waals surface area contributed by atoms with Crippen LogP contribution in [0, 0.1) is 5.92 Å². The third-order valence-electron chi connectivity index (χ3n) is 3.35. The van der Waals surface area contributed by atoms with E-state index in [1.54, 1.807) is 0 Å². The Bertz CT molecular complexity index is 327. The molecule has 0 amide bonds. The van der Waals surface area contributed by atoms with E-state index in [0.717, 1.165) is 31.4 Å². The normalized spacial score (nSPS) is 25.3. The molecule has 1 heterocycles. The van der Waals surface area contributed by atoms with Crippen LogP contribution in [-0.4, -0.2) is 22.7 Å². The minimum absolute atomic E-state index is 0.142. The summed E-state index contributed by atoms with van der Waals surface area (Å²) in [5, 5.41) is 0. The van der Waals surface area contributed by atoms with Gasteiger partial charge in [-0.2, -0.15) is 0 Å². The van der Waals surface area contributed by atoms with Crippen molar-refractivity contribution in [1.29, 1.82) is 0 Å². The molecule has 1 aliphatic carbocycles. The number of rotatable bonds is 6. The second-order valence-electron chi connectivity index (χ2n) is 4.54. The predicted molar refractivity (Wildman–Crippen MR) is 64.9 cm³/mol. The Morgan fingerprint density at radius 2 is 2.18 bits per heavy atom. The van der Waals surface area contributed by atoms with Crippen molar-refractivity contribution in [2.45, 2.75) is 38.3 Å². The fourth-order valence-corrected chi connectivity index (χ4v) is 2.36. The van der Waals surface area contributed by atoms with Crippen LogP contribution in [0.4, 0.5) is 0 Å². The summed E-state index contributed by atoms with van der Waals surface area (Å²) in [5.41, 5.74) is 3.89. The van der Waals surface area contributed by atoms with E-state index in [1.807, 2.05) is 19.3 Å². The Morgan fingerprint density at radius 1 is 1.47 bits per heavy atom. The zero-order valence-corrected chi connectivity index (χ0v) is 10.2. The fourth-order valence-electron chi connectivity index (χ4n) is 2.36. The lowest BCUT2D eigenvalue weighted by Crippen LogP contribution is -2.36. The summed E-state index contributed by atoms with van der Waals surface area (Å²) in [7, 11) is 0. The summed E-state index contributed by atoms with van der Waals surface area (Å²) < 4.78 is 5.55. The summed E-state index contributed by atoms with van der Waals surface area (Å²) in [6.45, 7) is 2.85. The van der Waals surface area contributed by atoms with Crippen LogP contribution in [0.25, 0.3) is 0 Å². The molecule has 5 heteroatoms. The molecule has 1 unspecified atom stereocenters. The predicted octanol–water partition coefficient (Wildman–Crippen LogP) is 1.19. The number of ether oxygens (including phenoxy) is 1. The van der Waals surface area contributed by atoms with Gasteiger partial charge >= 0.3 is 0 Å². The summed E-state index contributed by atoms with van der Waals surface area (Å²) in [6.07, 6.45) is 8.92. The average molecular weight is 236 g/mol. The molecule has 3 N–H and O–H groups in total. The molecule has 1 fully saturated rings. The van der Waals surface area contributed by atoms with Crippen LogP contribution < -0.4 is 11.3 Å². The molecular weight excluding hydrogens is 216 g/mol. The highest BCUT2D eigenvalue weighted by atomic mass is 16.5. The van der Waals surface area contributed by atoms with Gasteiger partial charge in [0.1, 0.15) is 6.33 Å². The smallest absolute Gasteiger partial charge is 0.115 e. The molecule has 0 radical (unpaired) electrons. The molecule has 0 aromatic carbocycles. The monoisotopic (exact) mass is 236 g/mol. The van der Waals surface area contributed by atoms with Crippen LogP contribution in [0.15, 0.2) is 18.7 Å². The SMILES string of the molecule is CCOC1CC(CC(NN)c2cncnc2)C1. The van der Waals surface area contributed by atoms with Gasteiger partial charge in [0.05, 0.1) is 6.10 Å². The third kappa shape index (κ3) is 3.21. The molecule has 1 atom stereocenters. The third-order valence-corrected chi connectivity index (χ3v) is 3.35. The van der Waals surface area contributed by atoms with Crippen LogP contribution in [0.5, 0.6) is 0 Å². The van der Waals surface area contributed by atoms with Gasteiger partial charge in [-0.3, -0.25) is 11.3 Å². The number of hydrogen-bond acceptors (Lipinski definition) is 5. The van der Waals surface area contributed by atoms with Gasteiger partial charge in [0.2, 0.25) is 0 Å². The minimum atomic E-state index is 0.142. The first-order valence-electron chi connectivity index (χ1n) is 6.16. The highest BCUT2D eigenvalue weighted by Gasteiger charge is 2.31. The highest BCUT2D eigenvalue weighted by molar-refractivity contribution is 5.09. The number of hydrogen-bond donors (Lipinski definition) is 2. The molecule has 94 valence electrons.